The van der Waals surface area contributed by atoms with Crippen LogP contribution < -0.4 is 4.90 Å². The fourth-order valence-corrected chi connectivity index (χ4v) is 3.51. The number of nitrogens with zero attached hydrogens (tertiary/aromatic N) is 3. The highest BCUT2D eigenvalue weighted by molar-refractivity contribution is 8.93. The first-order chi connectivity index (χ1) is 11.3. The lowest BCUT2D eigenvalue weighted by atomic mass is 10.0. The van der Waals surface area contributed by atoms with Gasteiger partial charge in [0.05, 0.1) is 11.2 Å². The molecule has 0 amide bonds. The zero-order chi connectivity index (χ0) is 15.6. The minimum atomic E-state index is 0. The molecular formula is C20H22BrN3. The molecule has 0 bridgehead atoms. The van der Waals surface area contributed by atoms with Gasteiger partial charge in [-0.15, -0.1) is 17.0 Å². The third kappa shape index (κ3) is 3.16. The van der Waals surface area contributed by atoms with Crippen molar-refractivity contribution >= 4 is 33.6 Å². The summed E-state index contributed by atoms with van der Waals surface area (Å²) >= 11 is 0. The summed E-state index contributed by atoms with van der Waals surface area (Å²) in [5.74, 6) is 0. The topological polar surface area (TPSA) is 29.0 Å². The summed E-state index contributed by atoms with van der Waals surface area (Å²) in [5.41, 5.74) is 4.44. The molecule has 4 heteroatoms. The van der Waals surface area contributed by atoms with E-state index in [-0.39, 0.29) is 17.0 Å². The highest BCUT2D eigenvalue weighted by Gasteiger charge is 2.21. The zero-order valence-electron chi connectivity index (χ0n) is 13.9. The van der Waals surface area contributed by atoms with Crippen molar-refractivity contribution in [3.63, 3.8) is 0 Å². The van der Waals surface area contributed by atoms with E-state index in [9.17, 15) is 0 Å². The molecule has 24 heavy (non-hydrogen) atoms. The Balaban J connectivity index is 0.00000169. The minimum absolute atomic E-state index is 0. The van der Waals surface area contributed by atoms with Crippen LogP contribution in [0.2, 0.25) is 0 Å². The maximum Gasteiger partial charge on any atom is 0.0745 e. The van der Waals surface area contributed by atoms with E-state index in [2.05, 4.69) is 53.2 Å². The highest BCUT2D eigenvalue weighted by atomic mass is 79.9. The Kier molecular flexibility index (Phi) is 5.14. The van der Waals surface area contributed by atoms with Crippen LogP contribution in [0.5, 0.6) is 0 Å². The van der Waals surface area contributed by atoms with Crippen LogP contribution in [0.1, 0.15) is 26.2 Å². The first-order valence-corrected chi connectivity index (χ1v) is 8.40. The third-order valence-electron chi connectivity index (χ3n) is 4.76. The number of benzene rings is 1. The smallest absolute Gasteiger partial charge is 0.0745 e. The van der Waals surface area contributed by atoms with Gasteiger partial charge in [-0.05, 0) is 50.5 Å². The van der Waals surface area contributed by atoms with E-state index in [1.807, 2.05) is 12.3 Å². The van der Waals surface area contributed by atoms with E-state index in [0.29, 0.717) is 6.04 Å². The van der Waals surface area contributed by atoms with E-state index in [4.69, 9.17) is 4.98 Å². The number of hydrogen-bond donors (Lipinski definition) is 0. The van der Waals surface area contributed by atoms with Crippen LogP contribution in [0.3, 0.4) is 0 Å². The van der Waals surface area contributed by atoms with Gasteiger partial charge in [0.2, 0.25) is 0 Å². The summed E-state index contributed by atoms with van der Waals surface area (Å²) < 4.78 is 0. The lowest BCUT2D eigenvalue weighted by Gasteiger charge is -2.36. The van der Waals surface area contributed by atoms with Crippen molar-refractivity contribution in [2.75, 3.05) is 11.4 Å². The summed E-state index contributed by atoms with van der Waals surface area (Å²) in [7, 11) is 0. The molecule has 1 saturated heterocycles. The molecule has 4 rings (SSSR count). The average Bonchev–Trinajstić information content (AvgIpc) is 2.62. The number of aromatic nitrogens is 2. The van der Waals surface area contributed by atoms with Crippen LogP contribution in [0.15, 0.2) is 54.9 Å². The quantitative estimate of drug-likeness (QED) is 0.604. The van der Waals surface area contributed by atoms with Gasteiger partial charge in [-0.1, -0.05) is 18.2 Å². The number of hydrogen-bond acceptors (Lipinski definition) is 3. The number of piperidine rings is 1. The van der Waals surface area contributed by atoms with Gasteiger partial charge in [-0.3, -0.25) is 4.98 Å². The molecular weight excluding hydrogens is 362 g/mol. The SMILES string of the molecule is Br.CC1CCCCN1c1cc(-c2cccnc2)nc2ccccc12. The van der Waals surface area contributed by atoms with Gasteiger partial charge in [-0.2, -0.15) is 0 Å². The number of anilines is 1. The van der Waals surface area contributed by atoms with Crippen LogP contribution >= 0.6 is 17.0 Å². The van der Waals surface area contributed by atoms with E-state index >= 15 is 0 Å². The number of fused-ring (bicyclic) bond motifs is 1. The second-order valence-electron chi connectivity index (χ2n) is 6.32. The maximum absolute atomic E-state index is 4.86. The molecule has 0 saturated carbocycles. The summed E-state index contributed by atoms with van der Waals surface area (Å²) in [5, 5.41) is 1.24. The molecule has 1 fully saturated rings. The molecule has 1 aliphatic rings. The normalized spacial score (nSPS) is 17.5. The number of halogens is 1. The molecule has 0 aliphatic carbocycles. The van der Waals surface area contributed by atoms with Crippen molar-refractivity contribution in [2.45, 2.75) is 32.2 Å². The summed E-state index contributed by atoms with van der Waals surface area (Å²) in [6, 6.07) is 15.3. The van der Waals surface area contributed by atoms with Gasteiger partial charge in [0.15, 0.2) is 0 Å². The summed E-state index contributed by atoms with van der Waals surface area (Å²) in [6.45, 7) is 3.46. The van der Waals surface area contributed by atoms with E-state index in [1.165, 1.54) is 30.3 Å². The van der Waals surface area contributed by atoms with Crippen LogP contribution in [0, 0.1) is 0 Å². The number of pyridine rings is 2. The van der Waals surface area contributed by atoms with Crippen molar-refractivity contribution in [3.05, 3.63) is 54.9 Å². The minimum Gasteiger partial charge on any atom is -0.368 e. The Labute approximate surface area is 153 Å². The predicted molar refractivity (Wildman–Crippen MR) is 106 cm³/mol. The Morgan fingerprint density at radius 2 is 1.96 bits per heavy atom. The predicted octanol–water partition coefficient (Wildman–Crippen LogP) is 5.25. The highest BCUT2D eigenvalue weighted by Crippen LogP contribution is 2.34. The Morgan fingerprint density at radius 3 is 2.75 bits per heavy atom. The lowest BCUT2D eigenvalue weighted by Crippen LogP contribution is -2.37. The summed E-state index contributed by atoms with van der Waals surface area (Å²) in [4.78, 5) is 11.7. The van der Waals surface area contributed by atoms with Crippen molar-refractivity contribution < 1.29 is 0 Å². The van der Waals surface area contributed by atoms with Crippen molar-refractivity contribution in [2.24, 2.45) is 0 Å². The van der Waals surface area contributed by atoms with Gasteiger partial charge in [-0.25, -0.2) is 4.98 Å². The molecule has 0 radical (unpaired) electrons. The van der Waals surface area contributed by atoms with Gasteiger partial charge in [0.25, 0.3) is 0 Å². The lowest BCUT2D eigenvalue weighted by molar-refractivity contribution is 0.486. The monoisotopic (exact) mass is 383 g/mol. The summed E-state index contributed by atoms with van der Waals surface area (Å²) in [6.07, 6.45) is 7.55. The molecule has 3 heterocycles. The van der Waals surface area contributed by atoms with Gasteiger partial charge in [0.1, 0.15) is 0 Å². The number of para-hydroxylation sites is 1. The third-order valence-corrected chi connectivity index (χ3v) is 4.76. The Bertz CT molecular complexity index is 819. The van der Waals surface area contributed by atoms with Crippen LogP contribution in [0.25, 0.3) is 22.2 Å². The van der Waals surface area contributed by atoms with Crippen molar-refractivity contribution in [3.8, 4) is 11.3 Å². The molecule has 0 spiro atoms. The van der Waals surface area contributed by atoms with E-state index in [1.54, 1.807) is 6.20 Å². The molecule has 124 valence electrons. The second kappa shape index (κ2) is 7.31. The zero-order valence-corrected chi connectivity index (χ0v) is 15.6. The van der Waals surface area contributed by atoms with Crippen LogP contribution in [0.4, 0.5) is 5.69 Å². The Morgan fingerprint density at radius 1 is 1.08 bits per heavy atom. The second-order valence-corrected chi connectivity index (χ2v) is 6.32. The molecule has 1 atom stereocenters. The van der Waals surface area contributed by atoms with Gasteiger partial charge >= 0.3 is 0 Å². The van der Waals surface area contributed by atoms with Crippen molar-refractivity contribution in [1.29, 1.82) is 0 Å². The van der Waals surface area contributed by atoms with Gasteiger partial charge in [0, 0.05) is 41.6 Å². The molecule has 3 nitrogen and oxygen atoms in total. The first-order valence-electron chi connectivity index (χ1n) is 8.40. The molecule has 1 aromatic carbocycles. The largest absolute Gasteiger partial charge is 0.368 e. The maximum atomic E-state index is 4.86. The fourth-order valence-electron chi connectivity index (χ4n) is 3.51. The molecule has 1 unspecified atom stereocenters. The molecule has 2 aromatic heterocycles. The molecule has 0 N–H and O–H groups in total. The van der Waals surface area contributed by atoms with E-state index in [0.717, 1.165) is 23.3 Å². The molecule has 3 aromatic rings. The van der Waals surface area contributed by atoms with Gasteiger partial charge < -0.3 is 4.90 Å². The number of rotatable bonds is 2. The van der Waals surface area contributed by atoms with Crippen molar-refractivity contribution in [1.82, 2.24) is 9.97 Å². The Hall–Kier alpha value is -1.94. The standard InChI is InChI=1S/C20H21N3.BrH/c1-15-7-4-5-12-23(15)20-13-19(16-8-6-11-21-14-16)22-18-10-3-2-9-17(18)20;/h2-3,6,8-11,13-15H,4-5,7,12H2,1H3;1H. The van der Waals surface area contributed by atoms with Crippen LogP contribution in [-0.4, -0.2) is 22.6 Å². The fraction of sp³-hybridized carbons (Fsp3) is 0.300. The molecule has 1 aliphatic heterocycles. The van der Waals surface area contributed by atoms with Crippen LogP contribution in [-0.2, 0) is 0 Å². The van der Waals surface area contributed by atoms with E-state index < -0.39 is 0 Å². The first kappa shape index (κ1) is 16.9. The average molecular weight is 384 g/mol.